The van der Waals surface area contributed by atoms with Crippen molar-refractivity contribution in [2.45, 2.75) is 0 Å². The van der Waals surface area contributed by atoms with E-state index < -0.39 is 0 Å². The molecule has 0 saturated carbocycles. The van der Waals surface area contributed by atoms with Gasteiger partial charge in [0, 0.05) is 59.3 Å². The van der Waals surface area contributed by atoms with Crippen LogP contribution in [-0.2, 0) is 0 Å². The average molecular weight is 747 g/mol. The molecule has 6 heteroatoms. The molecule has 266 valence electrons. The molecule has 0 N–H and O–H groups in total. The highest BCUT2D eigenvalue weighted by Crippen LogP contribution is 2.46. The normalized spacial score (nSPS) is 11.9. The number of para-hydroxylation sites is 3. The summed E-state index contributed by atoms with van der Waals surface area (Å²) in [7, 11) is 0. The first-order chi connectivity index (χ1) is 28.3. The third-order valence-electron chi connectivity index (χ3n) is 11.1. The highest BCUT2D eigenvalue weighted by molar-refractivity contribution is 7.26. The number of benzene rings is 8. The van der Waals surface area contributed by atoms with Gasteiger partial charge in [0.05, 0.1) is 21.4 Å². The van der Waals surface area contributed by atoms with E-state index in [2.05, 4.69) is 126 Å². The lowest BCUT2D eigenvalue weighted by atomic mass is 9.97. The van der Waals surface area contributed by atoms with Crippen LogP contribution in [0.15, 0.2) is 186 Å². The highest BCUT2D eigenvalue weighted by Gasteiger charge is 2.21. The van der Waals surface area contributed by atoms with Crippen molar-refractivity contribution in [2.75, 3.05) is 0 Å². The van der Waals surface area contributed by atoms with Gasteiger partial charge in [-0.05, 0) is 42.0 Å². The van der Waals surface area contributed by atoms with Crippen molar-refractivity contribution in [3.8, 4) is 51.0 Å². The Morgan fingerprint density at radius 1 is 0.421 bits per heavy atom. The SMILES string of the molecule is c1ccc(-c2nc(-c3ccccc3)nc(-c3ccc4c(c3)oc3c(-c5cccc6sc7c(-n8c9ccccc9c9ccccc98)cccc7c56)cccc34)n2)cc1. The van der Waals surface area contributed by atoms with Crippen LogP contribution < -0.4 is 0 Å². The van der Waals surface area contributed by atoms with Crippen molar-refractivity contribution in [1.82, 2.24) is 19.5 Å². The van der Waals surface area contributed by atoms with E-state index in [0.29, 0.717) is 17.5 Å². The lowest BCUT2D eigenvalue weighted by molar-refractivity contribution is 0.670. The summed E-state index contributed by atoms with van der Waals surface area (Å²) in [6.07, 6.45) is 0. The first-order valence-electron chi connectivity index (χ1n) is 19.0. The van der Waals surface area contributed by atoms with Gasteiger partial charge in [-0.3, -0.25) is 0 Å². The van der Waals surface area contributed by atoms with Crippen molar-refractivity contribution in [1.29, 1.82) is 0 Å². The fraction of sp³-hybridized carbons (Fsp3) is 0. The summed E-state index contributed by atoms with van der Waals surface area (Å²) in [6.45, 7) is 0. The van der Waals surface area contributed by atoms with Crippen LogP contribution in [0.5, 0.6) is 0 Å². The van der Waals surface area contributed by atoms with Crippen molar-refractivity contribution in [3.05, 3.63) is 182 Å². The molecule has 0 aliphatic carbocycles. The Morgan fingerprint density at radius 2 is 0.982 bits per heavy atom. The second kappa shape index (κ2) is 12.6. The molecule has 5 nitrogen and oxygen atoms in total. The van der Waals surface area contributed by atoms with E-state index in [9.17, 15) is 0 Å². The molecule has 0 bridgehead atoms. The van der Waals surface area contributed by atoms with E-state index in [1.807, 2.05) is 72.0 Å². The third kappa shape index (κ3) is 4.98. The first kappa shape index (κ1) is 31.9. The van der Waals surface area contributed by atoms with Crippen LogP contribution in [-0.4, -0.2) is 19.5 Å². The first-order valence-corrected chi connectivity index (χ1v) is 19.8. The number of hydrogen-bond acceptors (Lipinski definition) is 5. The second-order valence-electron chi connectivity index (χ2n) is 14.3. The number of hydrogen-bond donors (Lipinski definition) is 0. The quantitative estimate of drug-likeness (QED) is 0.176. The fourth-order valence-electron chi connectivity index (χ4n) is 8.50. The van der Waals surface area contributed by atoms with Gasteiger partial charge in [-0.2, -0.15) is 0 Å². The van der Waals surface area contributed by atoms with E-state index in [1.54, 1.807) is 0 Å². The highest BCUT2D eigenvalue weighted by atomic mass is 32.1. The largest absolute Gasteiger partial charge is 0.455 e. The van der Waals surface area contributed by atoms with Crippen molar-refractivity contribution < 1.29 is 4.42 Å². The number of nitrogens with zero attached hydrogens (tertiary/aromatic N) is 4. The standard InChI is InChI=1S/C51H30N4OS/c1-3-14-31(15-4-1)49-52-50(32-16-5-2-6-17-32)54-51(53-49)33-28-29-36-38-21-11-22-39(47(38)56-44(36)30-33)37-20-13-27-45-46(37)40-23-12-26-43(48(40)57-45)55-41-24-9-7-18-34(41)35-19-8-10-25-42(35)55/h1-30H. The molecule has 0 amide bonds. The van der Waals surface area contributed by atoms with Gasteiger partial charge in [-0.25, -0.2) is 15.0 Å². The predicted molar refractivity (Wildman–Crippen MR) is 236 cm³/mol. The van der Waals surface area contributed by atoms with Crippen molar-refractivity contribution in [3.63, 3.8) is 0 Å². The molecule has 0 atom stereocenters. The van der Waals surface area contributed by atoms with Crippen LogP contribution in [0.4, 0.5) is 0 Å². The lowest BCUT2D eigenvalue weighted by Crippen LogP contribution is -2.00. The molecule has 0 aliphatic heterocycles. The van der Waals surface area contributed by atoms with Crippen molar-refractivity contribution in [2.24, 2.45) is 0 Å². The monoisotopic (exact) mass is 746 g/mol. The number of aromatic nitrogens is 4. The minimum Gasteiger partial charge on any atom is -0.455 e. The smallest absolute Gasteiger partial charge is 0.164 e. The summed E-state index contributed by atoms with van der Waals surface area (Å²) in [6, 6.07) is 63.7. The van der Waals surface area contributed by atoms with Gasteiger partial charge in [0.15, 0.2) is 17.5 Å². The molecule has 0 saturated heterocycles. The fourth-order valence-corrected chi connectivity index (χ4v) is 9.74. The molecule has 0 fully saturated rings. The summed E-state index contributed by atoms with van der Waals surface area (Å²) in [5.74, 6) is 1.85. The zero-order valence-corrected chi connectivity index (χ0v) is 31.2. The lowest BCUT2D eigenvalue weighted by Gasteiger charge is -2.10. The van der Waals surface area contributed by atoms with Gasteiger partial charge >= 0.3 is 0 Å². The topological polar surface area (TPSA) is 56.7 Å². The summed E-state index contributed by atoms with van der Waals surface area (Å²) in [5.41, 5.74) is 10.2. The van der Waals surface area contributed by atoms with E-state index >= 15 is 0 Å². The molecule has 4 heterocycles. The maximum Gasteiger partial charge on any atom is 0.164 e. The van der Waals surface area contributed by atoms with Crippen LogP contribution in [0.2, 0.25) is 0 Å². The van der Waals surface area contributed by atoms with Crippen LogP contribution in [0, 0.1) is 0 Å². The van der Waals surface area contributed by atoms with E-state index in [-0.39, 0.29) is 0 Å². The summed E-state index contributed by atoms with van der Waals surface area (Å²) in [4.78, 5) is 14.8. The Bertz CT molecular complexity index is 3420. The van der Waals surface area contributed by atoms with Gasteiger partial charge < -0.3 is 8.98 Å². The molecule has 12 aromatic rings. The molecule has 12 rings (SSSR count). The summed E-state index contributed by atoms with van der Waals surface area (Å²) < 4.78 is 11.8. The Kier molecular flexibility index (Phi) is 7.03. The zero-order chi connectivity index (χ0) is 37.5. The molecular formula is C51H30N4OS. The zero-order valence-electron chi connectivity index (χ0n) is 30.4. The van der Waals surface area contributed by atoms with Crippen LogP contribution in [0.25, 0.3) is 115 Å². The van der Waals surface area contributed by atoms with Crippen LogP contribution in [0.1, 0.15) is 0 Å². The van der Waals surface area contributed by atoms with E-state index in [0.717, 1.165) is 49.8 Å². The Hall–Kier alpha value is -7.41. The minimum atomic E-state index is 0.596. The summed E-state index contributed by atoms with van der Waals surface area (Å²) >= 11 is 1.85. The molecule has 0 radical (unpaired) electrons. The maximum atomic E-state index is 6.87. The number of rotatable bonds is 5. The second-order valence-corrected chi connectivity index (χ2v) is 15.4. The molecule has 8 aromatic carbocycles. The predicted octanol–water partition coefficient (Wildman–Crippen LogP) is 13.9. The van der Waals surface area contributed by atoms with E-state index in [4.69, 9.17) is 19.4 Å². The average Bonchev–Trinajstić information content (AvgIpc) is 3.96. The van der Waals surface area contributed by atoms with Gasteiger partial charge in [0.25, 0.3) is 0 Å². The molecular weight excluding hydrogens is 717 g/mol. The third-order valence-corrected chi connectivity index (χ3v) is 12.3. The Labute approximate surface area is 330 Å². The maximum absolute atomic E-state index is 6.87. The number of fused-ring (bicyclic) bond motifs is 9. The van der Waals surface area contributed by atoms with Crippen molar-refractivity contribution >= 4 is 75.3 Å². The summed E-state index contributed by atoms with van der Waals surface area (Å²) in [5, 5.41) is 7.11. The van der Waals surface area contributed by atoms with Gasteiger partial charge in [-0.15, -0.1) is 11.3 Å². The molecule has 0 aliphatic rings. The van der Waals surface area contributed by atoms with Gasteiger partial charge in [-0.1, -0.05) is 146 Å². The van der Waals surface area contributed by atoms with Crippen LogP contribution >= 0.6 is 11.3 Å². The molecule has 57 heavy (non-hydrogen) atoms. The minimum absolute atomic E-state index is 0.596. The van der Waals surface area contributed by atoms with Crippen LogP contribution in [0.3, 0.4) is 0 Å². The number of thiophene rings is 1. The Morgan fingerprint density at radius 3 is 1.68 bits per heavy atom. The van der Waals surface area contributed by atoms with E-state index in [1.165, 1.54) is 47.7 Å². The van der Waals surface area contributed by atoms with Gasteiger partial charge in [0.2, 0.25) is 0 Å². The number of furan rings is 1. The van der Waals surface area contributed by atoms with Gasteiger partial charge in [0.1, 0.15) is 11.2 Å². The Balaban J connectivity index is 1.03. The molecule has 0 spiro atoms. The molecule has 0 unspecified atom stereocenters. The molecule has 4 aromatic heterocycles.